The summed E-state index contributed by atoms with van der Waals surface area (Å²) in [7, 11) is 3.97. The lowest BCUT2D eigenvalue weighted by atomic mass is 10.2. The van der Waals surface area contributed by atoms with Crippen molar-refractivity contribution in [3.63, 3.8) is 0 Å². The fourth-order valence-electron chi connectivity index (χ4n) is 2.60. The van der Waals surface area contributed by atoms with Crippen LogP contribution in [0.2, 0.25) is 0 Å². The molecule has 142 valence electrons. The highest BCUT2D eigenvalue weighted by atomic mass is 16.5. The average molecular weight is 373 g/mol. The van der Waals surface area contributed by atoms with E-state index in [1.165, 1.54) is 0 Å². The number of hydrogen-bond donors (Lipinski definition) is 1. The first-order valence-corrected chi connectivity index (χ1v) is 9.00. The molecule has 0 atom stereocenters. The molecule has 1 N–H and O–H groups in total. The molecule has 0 unspecified atom stereocenters. The van der Waals surface area contributed by atoms with Crippen molar-refractivity contribution in [1.82, 2.24) is 5.43 Å². The predicted octanol–water partition coefficient (Wildman–Crippen LogP) is 4.10. The summed E-state index contributed by atoms with van der Waals surface area (Å²) in [5.74, 6) is 0.208. The molecule has 0 saturated carbocycles. The monoisotopic (exact) mass is 373 g/mol. The number of amides is 1. The van der Waals surface area contributed by atoms with E-state index in [-0.39, 0.29) is 5.91 Å². The van der Waals surface area contributed by atoms with Crippen molar-refractivity contribution in [2.24, 2.45) is 5.10 Å². The summed E-state index contributed by atoms with van der Waals surface area (Å²) in [4.78, 5) is 14.5. The molecule has 0 radical (unpaired) electrons. The van der Waals surface area contributed by atoms with E-state index >= 15 is 0 Å². The Morgan fingerprint density at radius 1 is 0.964 bits per heavy atom. The second kappa shape index (κ2) is 9.37. The maximum Gasteiger partial charge on any atom is 0.275 e. The Morgan fingerprint density at radius 2 is 1.64 bits per heavy atom. The first-order valence-electron chi connectivity index (χ1n) is 9.00. The van der Waals surface area contributed by atoms with E-state index < -0.39 is 0 Å². The molecule has 0 aliphatic rings. The van der Waals surface area contributed by atoms with Crippen LogP contribution < -0.4 is 15.1 Å². The van der Waals surface area contributed by atoms with Gasteiger partial charge in [-0.05, 0) is 35.4 Å². The van der Waals surface area contributed by atoms with Crippen LogP contribution in [-0.2, 0) is 6.61 Å². The number of hydrazone groups is 1. The topological polar surface area (TPSA) is 53.9 Å². The van der Waals surface area contributed by atoms with Gasteiger partial charge >= 0.3 is 0 Å². The van der Waals surface area contributed by atoms with Crippen LogP contribution in [0.1, 0.15) is 21.5 Å². The number of hydrogen-bond acceptors (Lipinski definition) is 4. The second-order valence-corrected chi connectivity index (χ2v) is 6.46. The lowest BCUT2D eigenvalue weighted by Gasteiger charge is -2.11. The van der Waals surface area contributed by atoms with E-state index in [4.69, 9.17) is 4.74 Å². The molecule has 3 aromatic carbocycles. The summed E-state index contributed by atoms with van der Waals surface area (Å²) in [5, 5.41) is 4.06. The standard InChI is InChI=1S/C23H23N3O2/c1-26(2)20-14-12-18(13-15-20)16-24-25-23(27)21-10-6-7-11-22(21)28-17-19-8-4-3-5-9-19/h3-16H,17H2,1-2H3,(H,25,27). The van der Waals surface area contributed by atoms with Crippen LogP contribution in [0.3, 0.4) is 0 Å². The Labute approximate surface area is 165 Å². The number of anilines is 1. The van der Waals surface area contributed by atoms with E-state index in [9.17, 15) is 4.79 Å². The Balaban J connectivity index is 1.62. The van der Waals surface area contributed by atoms with E-state index in [1.54, 1.807) is 24.4 Å². The van der Waals surface area contributed by atoms with Crippen LogP contribution in [0.15, 0.2) is 84.0 Å². The highest BCUT2D eigenvalue weighted by Gasteiger charge is 2.11. The van der Waals surface area contributed by atoms with Crippen LogP contribution >= 0.6 is 0 Å². The first kappa shape index (κ1) is 19.2. The minimum Gasteiger partial charge on any atom is -0.488 e. The summed E-state index contributed by atoms with van der Waals surface area (Å²) in [6, 6.07) is 24.9. The Kier molecular flexibility index (Phi) is 6.41. The summed E-state index contributed by atoms with van der Waals surface area (Å²) in [5.41, 5.74) is 6.05. The van der Waals surface area contributed by atoms with E-state index in [0.717, 1.165) is 16.8 Å². The van der Waals surface area contributed by atoms with Gasteiger partial charge in [0.25, 0.3) is 5.91 Å². The Hall–Kier alpha value is -3.60. The van der Waals surface area contributed by atoms with E-state index in [2.05, 4.69) is 10.5 Å². The number of para-hydroxylation sites is 1. The van der Waals surface area contributed by atoms with Gasteiger partial charge in [-0.1, -0.05) is 54.6 Å². The van der Waals surface area contributed by atoms with E-state index in [0.29, 0.717) is 17.9 Å². The van der Waals surface area contributed by atoms with Crippen LogP contribution in [0, 0.1) is 0 Å². The normalized spacial score (nSPS) is 10.6. The fourth-order valence-corrected chi connectivity index (χ4v) is 2.60. The zero-order valence-corrected chi connectivity index (χ0v) is 16.0. The van der Waals surface area contributed by atoms with Gasteiger partial charge in [-0.15, -0.1) is 0 Å². The quantitative estimate of drug-likeness (QED) is 0.501. The van der Waals surface area contributed by atoms with Gasteiger partial charge in [-0.2, -0.15) is 5.10 Å². The molecule has 0 saturated heterocycles. The molecule has 0 aromatic heterocycles. The SMILES string of the molecule is CN(C)c1ccc(C=NNC(=O)c2ccccc2OCc2ccccc2)cc1. The van der Waals surface area contributed by atoms with Gasteiger partial charge in [-0.3, -0.25) is 4.79 Å². The van der Waals surface area contributed by atoms with Crippen LogP contribution in [0.4, 0.5) is 5.69 Å². The van der Waals surface area contributed by atoms with Gasteiger partial charge in [0.1, 0.15) is 12.4 Å². The van der Waals surface area contributed by atoms with E-state index in [1.807, 2.05) is 79.7 Å². The molecular formula is C23H23N3O2. The van der Waals surface area contributed by atoms with Crippen molar-refractivity contribution in [3.05, 3.63) is 95.6 Å². The molecule has 1 amide bonds. The van der Waals surface area contributed by atoms with Gasteiger partial charge in [0.05, 0.1) is 11.8 Å². The number of nitrogens with one attached hydrogen (secondary N) is 1. The molecule has 5 heteroatoms. The summed E-state index contributed by atoms with van der Waals surface area (Å²) < 4.78 is 5.83. The molecule has 0 fully saturated rings. The van der Waals surface area contributed by atoms with Gasteiger partial charge in [0.15, 0.2) is 0 Å². The predicted molar refractivity (Wildman–Crippen MR) is 113 cm³/mol. The van der Waals surface area contributed by atoms with Crippen molar-refractivity contribution >= 4 is 17.8 Å². The van der Waals surface area contributed by atoms with Crippen LogP contribution in [0.5, 0.6) is 5.75 Å². The van der Waals surface area contributed by atoms with Crippen molar-refractivity contribution < 1.29 is 9.53 Å². The maximum absolute atomic E-state index is 12.5. The molecule has 5 nitrogen and oxygen atoms in total. The minimum absolute atomic E-state index is 0.315. The third kappa shape index (κ3) is 5.20. The summed E-state index contributed by atoms with van der Waals surface area (Å²) in [6.45, 7) is 0.395. The molecule has 3 rings (SSSR count). The van der Waals surface area contributed by atoms with Crippen molar-refractivity contribution in [2.75, 3.05) is 19.0 Å². The molecule has 0 bridgehead atoms. The molecule has 28 heavy (non-hydrogen) atoms. The number of nitrogens with zero attached hydrogens (tertiary/aromatic N) is 2. The Bertz CT molecular complexity index is 936. The molecule has 0 heterocycles. The summed E-state index contributed by atoms with van der Waals surface area (Å²) in [6.07, 6.45) is 1.62. The van der Waals surface area contributed by atoms with Gasteiger partial charge in [0.2, 0.25) is 0 Å². The number of carbonyl (C=O) groups excluding carboxylic acids is 1. The number of benzene rings is 3. The smallest absolute Gasteiger partial charge is 0.275 e. The first-order chi connectivity index (χ1) is 13.6. The van der Waals surface area contributed by atoms with Gasteiger partial charge in [-0.25, -0.2) is 5.43 Å². The number of rotatable bonds is 7. The van der Waals surface area contributed by atoms with Gasteiger partial charge < -0.3 is 9.64 Å². The number of carbonyl (C=O) groups is 1. The van der Waals surface area contributed by atoms with Crippen LogP contribution in [-0.4, -0.2) is 26.2 Å². The lowest BCUT2D eigenvalue weighted by Crippen LogP contribution is -2.18. The molecule has 3 aromatic rings. The highest BCUT2D eigenvalue weighted by molar-refractivity contribution is 5.97. The lowest BCUT2D eigenvalue weighted by molar-refractivity contribution is 0.0950. The maximum atomic E-state index is 12.5. The third-order valence-electron chi connectivity index (χ3n) is 4.16. The van der Waals surface area contributed by atoms with Crippen molar-refractivity contribution in [3.8, 4) is 5.75 Å². The second-order valence-electron chi connectivity index (χ2n) is 6.46. The molecule has 0 aliphatic carbocycles. The zero-order chi connectivity index (χ0) is 19.8. The van der Waals surface area contributed by atoms with Crippen molar-refractivity contribution in [2.45, 2.75) is 6.61 Å². The zero-order valence-electron chi connectivity index (χ0n) is 16.0. The Morgan fingerprint density at radius 3 is 2.36 bits per heavy atom. The average Bonchev–Trinajstić information content (AvgIpc) is 2.73. The third-order valence-corrected chi connectivity index (χ3v) is 4.16. The highest BCUT2D eigenvalue weighted by Crippen LogP contribution is 2.19. The molecular weight excluding hydrogens is 350 g/mol. The fraction of sp³-hybridized carbons (Fsp3) is 0.130. The number of ether oxygens (including phenoxy) is 1. The largest absolute Gasteiger partial charge is 0.488 e. The van der Waals surface area contributed by atoms with Crippen molar-refractivity contribution in [1.29, 1.82) is 0 Å². The minimum atomic E-state index is -0.315. The van der Waals surface area contributed by atoms with Crippen LogP contribution in [0.25, 0.3) is 0 Å². The summed E-state index contributed by atoms with van der Waals surface area (Å²) >= 11 is 0. The molecule has 0 aliphatic heterocycles. The van der Waals surface area contributed by atoms with Gasteiger partial charge in [0, 0.05) is 19.8 Å². The molecule has 0 spiro atoms.